The van der Waals surface area contributed by atoms with Crippen LogP contribution < -0.4 is 14.8 Å². The first-order chi connectivity index (χ1) is 12.3. The third-order valence-corrected chi connectivity index (χ3v) is 5.10. The van der Waals surface area contributed by atoms with Crippen molar-refractivity contribution in [1.29, 1.82) is 0 Å². The first kappa shape index (κ1) is 19.9. The van der Waals surface area contributed by atoms with Crippen molar-refractivity contribution in [2.24, 2.45) is 0 Å². The van der Waals surface area contributed by atoms with Gasteiger partial charge in [0.05, 0.1) is 11.4 Å². The van der Waals surface area contributed by atoms with Gasteiger partial charge in [0.1, 0.15) is 12.4 Å². The molecule has 2 aromatic carbocycles. The highest BCUT2D eigenvalue weighted by Gasteiger charge is 2.17. The van der Waals surface area contributed by atoms with Crippen LogP contribution in [0.3, 0.4) is 0 Å². The third kappa shape index (κ3) is 5.86. The second kappa shape index (κ2) is 8.82. The summed E-state index contributed by atoms with van der Waals surface area (Å²) in [5.74, 6) is 0.395. The Kier molecular flexibility index (Phi) is 6.76. The van der Waals surface area contributed by atoms with Crippen molar-refractivity contribution < 1.29 is 17.9 Å². The van der Waals surface area contributed by atoms with Crippen LogP contribution in [0, 0.1) is 6.92 Å². The van der Waals surface area contributed by atoms with Gasteiger partial charge >= 0.3 is 0 Å². The van der Waals surface area contributed by atoms with Crippen molar-refractivity contribution in [2.45, 2.75) is 31.7 Å². The molecule has 0 unspecified atom stereocenters. The SMILES string of the molecule is Cc1cccc(OCCNC(=O)c2cccc(S(=O)(=O)NC(C)C)c2)c1. The van der Waals surface area contributed by atoms with Gasteiger partial charge in [-0.3, -0.25) is 4.79 Å². The van der Waals surface area contributed by atoms with E-state index < -0.39 is 10.0 Å². The summed E-state index contributed by atoms with van der Waals surface area (Å²) < 4.78 is 32.5. The Bertz CT molecular complexity index is 863. The molecule has 0 aromatic heterocycles. The Hall–Kier alpha value is -2.38. The molecule has 7 heteroatoms. The molecule has 26 heavy (non-hydrogen) atoms. The van der Waals surface area contributed by atoms with Gasteiger partial charge in [0.2, 0.25) is 10.0 Å². The summed E-state index contributed by atoms with van der Waals surface area (Å²) in [6.45, 7) is 6.09. The number of aryl methyl sites for hydroxylation is 1. The number of sulfonamides is 1. The number of hydrogen-bond donors (Lipinski definition) is 2. The Labute approximate surface area is 154 Å². The average molecular weight is 376 g/mol. The van der Waals surface area contributed by atoms with Gasteiger partial charge in [0, 0.05) is 11.6 Å². The van der Waals surface area contributed by atoms with Crippen LogP contribution in [-0.4, -0.2) is 33.5 Å². The number of carbonyl (C=O) groups is 1. The lowest BCUT2D eigenvalue weighted by Gasteiger charge is -2.11. The fourth-order valence-electron chi connectivity index (χ4n) is 2.32. The van der Waals surface area contributed by atoms with Crippen molar-refractivity contribution in [3.63, 3.8) is 0 Å². The van der Waals surface area contributed by atoms with E-state index in [0.717, 1.165) is 11.3 Å². The van der Waals surface area contributed by atoms with Crippen molar-refractivity contribution in [2.75, 3.05) is 13.2 Å². The molecule has 0 heterocycles. The predicted molar refractivity (Wildman–Crippen MR) is 101 cm³/mol. The largest absolute Gasteiger partial charge is 0.492 e. The molecule has 0 aliphatic carbocycles. The van der Waals surface area contributed by atoms with E-state index in [4.69, 9.17) is 4.74 Å². The molecule has 0 saturated carbocycles. The van der Waals surface area contributed by atoms with Gasteiger partial charge in [-0.25, -0.2) is 13.1 Å². The molecule has 0 bridgehead atoms. The minimum atomic E-state index is -3.64. The molecule has 1 amide bonds. The molecule has 2 N–H and O–H groups in total. The molecule has 140 valence electrons. The van der Waals surface area contributed by atoms with E-state index in [9.17, 15) is 13.2 Å². The second-order valence-electron chi connectivity index (χ2n) is 6.22. The summed E-state index contributed by atoms with van der Waals surface area (Å²) in [5, 5.41) is 2.72. The number of carbonyl (C=O) groups excluding carboxylic acids is 1. The summed E-state index contributed by atoms with van der Waals surface area (Å²) in [5.41, 5.74) is 1.38. The maximum Gasteiger partial charge on any atom is 0.251 e. The molecule has 6 nitrogen and oxygen atoms in total. The van der Waals surface area contributed by atoms with Gasteiger partial charge in [0.15, 0.2) is 0 Å². The summed E-state index contributed by atoms with van der Waals surface area (Å²) in [6.07, 6.45) is 0. The van der Waals surface area contributed by atoms with E-state index in [1.807, 2.05) is 31.2 Å². The Balaban J connectivity index is 1.92. The van der Waals surface area contributed by atoms with E-state index in [0.29, 0.717) is 13.2 Å². The molecule has 0 radical (unpaired) electrons. The normalized spacial score (nSPS) is 11.4. The summed E-state index contributed by atoms with van der Waals surface area (Å²) in [4.78, 5) is 12.3. The van der Waals surface area contributed by atoms with Gasteiger partial charge in [-0.2, -0.15) is 0 Å². The first-order valence-corrected chi connectivity index (χ1v) is 9.86. The number of nitrogens with one attached hydrogen (secondary N) is 2. The lowest BCUT2D eigenvalue weighted by atomic mass is 10.2. The molecule has 2 aromatic rings. The topological polar surface area (TPSA) is 84.5 Å². The standard InChI is InChI=1S/C19H24N2O4S/c1-14(2)21-26(23,24)18-9-5-7-16(13-18)19(22)20-10-11-25-17-8-4-6-15(3)12-17/h4-9,12-14,21H,10-11H2,1-3H3,(H,20,22). The van der Waals surface area contributed by atoms with Gasteiger partial charge in [0.25, 0.3) is 5.91 Å². The lowest BCUT2D eigenvalue weighted by molar-refractivity contribution is 0.0946. The van der Waals surface area contributed by atoms with Crippen LogP contribution in [0.1, 0.15) is 29.8 Å². The minimum absolute atomic E-state index is 0.0647. The van der Waals surface area contributed by atoms with Crippen LogP contribution in [0.5, 0.6) is 5.75 Å². The fourth-order valence-corrected chi connectivity index (χ4v) is 3.62. The highest BCUT2D eigenvalue weighted by atomic mass is 32.2. The Morgan fingerprint density at radius 3 is 2.54 bits per heavy atom. The summed E-state index contributed by atoms with van der Waals surface area (Å²) in [7, 11) is -3.64. The average Bonchev–Trinajstić information content (AvgIpc) is 2.57. The first-order valence-electron chi connectivity index (χ1n) is 8.38. The Morgan fingerprint density at radius 2 is 1.85 bits per heavy atom. The second-order valence-corrected chi connectivity index (χ2v) is 7.94. The van der Waals surface area contributed by atoms with Crippen molar-refractivity contribution in [3.8, 4) is 5.75 Å². The van der Waals surface area contributed by atoms with Gasteiger partial charge in [-0.15, -0.1) is 0 Å². The fraction of sp³-hybridized carbons (Fsp3) is 0.316. The van der Waals surface area contributed by atoms with Gasteiger partial charge in [-0.1, -0.05) is 18.2 Å². The van der Waals surface area contributed by atoms with E-state index in [1.165, 1.54) is 12.1 Å². The van der Waals surface area contributed by atoms with Crippen molar-refractivity contribution in [3.05, 3.63) is 59.7 Å². The quantitative estimate of drug-likeness (QED) is 0.693. The molecule has 0 spiro atoms. The predicted octanol–water partition coefficient (Wildman–Crippen LogP) is 2.49. The molecular formula is C19H24N2O4S. The third-order valence-electron chi connectivity index (χ3n) is 3.44. The molecule has 0 aliphatic rings. The molecule has 0 aliphatic heterocycles. The van der Waals surface area contributed by atoms with E-state index >= 15 is 0 Å². The van der Waals surface area contributed by atoms with Crippen LogP contribution >= 0.6 is 0 Å². The molecule has 0 atom stereocenters. The summed E-state index contributed by atoms with van der Waals surface area (Å²) in [6, 6.07) is 13.4. The number of ether oxygens (including phenoxy) is 1. The highest BCUT2D eigenvalue weighted by Crippen LogP contribution is 2.13. The molecular weight excluding hydrogens is 352 g/mol. The van der Waals surface area contributed by atoms with Crippen LogP contribution in [0.2, 0.25) is 0 Å². The molecule has 0 fully saturated rings. The molecule has 2 rings (SSSR count). The summed E-state index contributed by atoms with van der Waals surface area (Å²) >= 11 is 0. The maximum absolute atomic E-state index is 12.2. The van der Waals surface area contributed by atoms with Crippen LogP contribution in [0.4, 0.5) is 0 Å². The van der Waals surface area contributed by atoms with Gasteiger partial charge in [-0.05, 0) is 56.7 Å². The number of hydrogen-bond acceptors (Lipinski definition) is 4. The monoisotopic (exact) mass is 376 g/mol. The van der Waals surface area contributed by atoms with Crippen molar-refractivity contribution in [1.82, 2.24) is 10.0 Å². The van der Waals surface area contributed by atoms with Crippen LogP contribution in [0.25, 0.3) is 0 Å². The Morgan fingerprint density at radius 1 is 1.12 bits per heavy atom. The number of benzene rings is 2. The highest BCUT2D eigenvalue weighted by molar-refractivity contribution is 7.89. The minimum Gasteiger partial charge on any atom is -0.492 e. The smallest absolute Gasteiger partial charge is 0.251 e. The number of amides is 1. The molecule has 0 saturated heterocycles. The lowest BCUT2D eigenvalue weighted by Crippen LogP contribution is -2.31. The van der Waals surface area contributed by atoms with Crippen LogP contribution in [0.15, 0.2) is 53.4 Å². The van der Waals surface area contributed by atoms with E-state index in [1.54, 1.807) is 26.0 Å². The van der Waals surface area contributed by atoms with Gasteiger partial charge < -0.3 is 10.1 Å². The van der Waals surface area contributed by atoms with Crippen molar-refractivity contribution >= 4 is 15.9 Å². The van der Waals surface area contributed by atoms with Crippen LogP contribution in [-0.2, 0) is 10.0 Å². The van der Waals surface area contributed by atoms with E-state index in [-0.39, 0.29) is 22.4 Å². The van der Waals surface area contributed by atoms with E-state index in [2.05, 4.69) is 10.0 Å². The maximum atomic E-state index is 12.2. The zero-order valence-corrected chi connectivity index (χ0v) is 16.0. The number of rotatable bonds is 8. The zero-order chi connectivity index (χ0) is 19.2. The zero-order valence-electron chi connectivity index (χ0n) is 15.2.